The van der Waals surface area contributed by atoms with Gasteiger partial charge in [0.15, 0.2) is 0 Å². The minimum Gasteiger partial charge on any atom is -0.508 e. The van der Waals surface area contributed by atoms with E-state index in [-0.39, 0.29) is 29.7 Å². The van der Waals surface area contributed by atoms with E-state index in [2.05, 4.69) is 10.4 Å². The molecule has 0 aliphatic heterocycles. The van der Waals surface area contributed by atoms with Gasteiger partial charge in [0.25, 0.3) is 0 Å². The molecule has 0 radical (unpaired) electrons. The largest absolute Gasteiger partial charge is 0.508 e. The smallest absolute Gasteiger partial charge is 0.220 e. The number of carbonyl (C=O) groups excluding carboxylic acids is 1. The van der Waals surface area contributed by atoms with Crippen molar-refractivity contribution in [2.75, 3.05) is 0 Å². The van der Waals surface area contributed by atoms with Crippen molar-refractivity contribution in [3.05, 3.63) is 47.8 Å². The Labute approximate surface area is 141 Å². The van der Waals surface area contributed by atoms with Gasteiger partial charge < -0.3 is 15.5 Å². The van der Waals surface area contributed by atoms with Gasteiger partial charge in [-0.15, -0.1) is 0 Å². The molecular formula is C18H23N3O3. The van der Waals surface area contributed by atoms with E-state index in [1.807, 2.05) is 19.3 Å². The maximum atomic E-state index is 12.4. The second-order valence-corrected chi connectivity index (χ2v) is 6.55. The molecule has 2 aromatic rings. The number of hydrogen-bond acceptors (Lipinski definition) is 4. The highest BCUT2D eigenvalue weighted by molar-refractivity contribution is 5.76. The summed E-state index contributed by atoms with van der Waals surface area (Å²) < 4.78 is 1.72. The number of carbonyl (C=O) groups is 1. The summed E-state index contributed by atoms with van der Waals surface area (Å²) in [5.41, 5.74) is 1.90. The summed E-state index contributed by atoms with van der Waals surface area (Å²) in [6.07, 6.45) is 5.75. The van der Waals surface area contributed by atoms with Crippen LogP contribution in [0.25, 0.3) is 0 Å². The number of aromatic hydroxyl groups is 1. The molecule has 1 aliphatic rings. The van der Waals surface area contributed by atoms with Crippen LogP contribution >= 0.6 is 0 Å². The van der Waals surface area contributed by atoms with Gasteiger partial charge in [-0.3, -0.25) is 9.48 Å². The Balaban J connectivity index is 1.60. The first-order valence-corrected chi connectivity index (χ1v) is 8.25. The quantitative estimate of drug-likeness (QED) is 0.752. The molecule has 3 N–H and O–H groups in total. The van der Waals surface area contributed by atoms with Crippen LogP contribution in [0.1, 0.15) is 36.4 Å². The maximum Gasteiger partial charge on any atom is 0.220 e. The standard InChI is InChI=1S/C18H23N3O3/c1-21-11-14(10-19-21)18(13-8-16(23)9-13)20-17(24)6-5-12-3-2-4-15(22)7-12/h2-4,7,10-11,13,16,18,22-23H,5-6,8-9H2,1H3,(H,20,24)/t13?,16?,18-/m0/s1. The molecule has 128 valence electrons. The number of aliphatic hydroxyl groups is 1. The zero-order valence-corrected chi connectivity index (χ0v) is 13.7. The first-order valence-electron chi connectivity index (χ1n) is 8.25. The Morgan fingerprint density at radius 2 is 2.25 bits per heavy atom. The van der Waals surface area contributed by atoms with E-state index in [9.17, 15) is 15.0 Å². The Hall–Kier alpha value is -2.34. The van der Waals surface area contributed by atoms with Crippen LogP contribution in [0.4, 0.5) is 0 Å². The van der Waals surface area contributed by atoms with Crippen molar-refractivity contribution in [2.45, 2.75) is 37.8 Å². The fraction of sp³-hybridized carbons (Fsp3) is 0.444. The molecule has 1 atom stereocenters. The number of rotatable bonds is 6. The summed E-state index contributed by atoms with van der Waals surface area (Å²) in [6, 6.07) is 6.85. The van der Waals surface area contributed by atoms with Crippen LogP contribution < -0.4 is 5.32 Å². The fourth-order valence-corrected chi connectivity index (χ4v) is 3.19. The molecule has 1 aromatic carbocycles. The lowest BCUT2D eigenvalue weighted by atomic mass is 9.75. The zero-order chi connectivity index (χ0) is 17.1. The summed E-state index contributed by atoms with van der Waals surface area (Å²) in [5.74, 6) is 0.423. The van der Waals surface area contributed by atoms with Crippen LogP contribution in [0.15, 0.2) is 36.7 Å². The number of phenolic OH excluding ortho intramolecular Hbond substituents is 1. The average molecular weight is 329 g/mol. The molecule has 1 amide bonds. The normalized spacial score (nSPS) is 21.1. The van der Waals surface area contributed by atoms with Gasteiger partial charge in [0.05, 0.1) is 18.3 Å². The third-order valence-corrected chi connectivity index (χ3v) is 4.57. The maximum absolute atomic E-state index is 12.4. The Kier molecular flexibility index (Phi) is 4.85. The van der Waals surface area contributed by atoms with Crippen molar-refractivity contribution >= 4 is 5.91 Å². The predicted octanol–water partition coefficient (Wildman–Crippen LogP) is 1.69. The Bertz CT molecular complexity index is 707. The van der Waals surface area contributed by atoms with E-state index < -0.39 is 0 Å². The van der Waals surface area contributed by atoms with Crippen molar-refractivity contribution in [2.24, 2.45) is 13.0 Å². The van der Waals surface area contributed by atoms with Gasteiger partial charge in [-0.1, -0.05) is 12.1 Å². The molecule has 6 nitrogen and oxygen atoms in total. The van der Waals surface area contributed by atoms with Crippen LogP contribution in [0.2, 0.25) is 0 Å². The lowest BCUT2D eigenvalue weighted by Crippen LogP contribution is -2.41. The van der Waals surface area contributed by atoms with Crippen molar-refractivity contribution in [3.8, 4) is 5.75 Å². The highest BCUT2D eigenvalue weighted by Gasteiger charge is 2.36. The molecule has 1 heterocycles. The summed E-state index contributed by atoms with van der Waals surface area (Å²) >= 11 is 0. The zero-order valence-electron chi connectivity index (χ0n) is 13.7. The Morgan fingerprint density at radius 3 is 2.88 bits per heavy atom. The highest BCUT2D eigenvalue weighted by atomic mass is 16.3. The fourth-order valence-electron chi connectivity index (χ4n) is 3.19. The molecule has 0 saturated heterocycles. The first kappa shape index (κ1) is 16.5. The van der Waals surface area contributed by atoms with Crippen molar-refractivity contribution in [1.29, 1.82) is 0 Å². The van der Waals surface area contributed by atoms with Gasteiger partial charge in [-0.2, -0.15) is 5.10 Å². The highest BCUT2D eigenvalue weighted by Crippen LogP contribution is 2.38. The molecule has 1 aromatic heterocycles. The topological polar surface area (TPSA) is 87.4 Å². The third-order valence-electron chi connectivity index (χ3n) is 4.57. The van der Waals surface area contributed by atoms with Gasteiger partial charge >= 0.3 is 0 Å². The molecule has 1 aliphatic carbocycles. The number of aryl methyl sites for hydroxylation is 2. The molecular weight excluding hydrogens is 306 g/mol. The average Bonchev–Trinajstić information content (AvgIpc) is 2.94. The van der Waals surface area contributed by atoms with Crippen LogP contribution in [0.3, 0.4) is 0 Å². The van der Waals surface area contributed by atoms with Crippen molar-refractivity contribution < 1.29 is 15.0 Å². The molecule has 3 rings (SSSR count). The van der Waals surface area contributed by atoms with E-state index in [0.29, 0.717) is 25.7 Å². The molecule has 24 heavy (non-hydrogen) atoms. The van der Waals surface area contributed by atoms with Crippen LogP contribution in [0, 0.1) is 5.92 Å². The van der Waals surface area contributed by atoms with Gasteiger partial charge in [0.2, 0.25) is 5.91 Å². The number of nitrogens with one attached hydrogen (secondary N) is 1. The molecule has 0 spiro atoms. The number of aromatic nitrogens is 2. The second kappa shape index (κ2) is 7.05. The van der Waals surface area contributed by atoms with Gasteiger partial charge in [-0.25, -0.2) is 0 Å². The van der Waals surface area contributed by atoms with E-state index >= 15 is 0 Å². The second-order valence-electron chi connectivity index (χ2n) is 6.55. The predicted molar refractivity (Wildman–Crippen MR) is 89.3 cm³/mol. The number of amides is 1. The number of phenols is 1. The van der Waals surface area contributed by atoms with Gasteiger partial charge in [0.1, 0.15) is 5.75 Å². The van der Waals surface area contributed by atoms with Gasteiger partial charge in [0, 0.05) is 25.2 Å². The number of hydrogen-bond donors (Lipinski definition) is 3. The monoisotopic (exact) mass is 329 g/mol. The van der Waals surface area contributed by atoms with Crippen LogP contribution in [-0.2, 0) is 18.3 Å². The Morgan fingerprint density at radius 1 is 1.46 bits per heavy atom. The van der Waals surface area contributed by atoms with Crippen molar-refractivity contribution in [3.63, 3.8) is 0 Å². The number of aliphatic hydroxyl groups excluding tert-OH is 1. The first-order chi connectivity index (χ1) is 11.5. The van der Waals surface area contributed by atoms with Crippen molar-refractivity contribution in [1.82, 2.24) is 15.1 Å². The van der Waals surface area contributed by atoms with E-state index in [0.717, 1.165) is 11.1 Å². The summed E-state index contributed by atoms with van der Waals surface area (Å²) in [4.78, 5) is 12.4. The third kappa shape index (κ3) is 3.94. The summed E-state index contributed by atoms with van der Waals surface area (Å²) in [5, 5.41) is 26.3. The number of benzene rings is 1. The minimum absolute atomic E-state index is 0.0337. The molecule has 0 unspecified atom stereocenters. The van der Waals surface area contributed by atoms with Crippen LogP contribution in [0.5, 0.6) is 5.75 Å². The molecule has 1 saturated carbocycles. The summed E-state index contributed by atoms with van der Waals surface area (Å²) in [6.45, 7) is 0. The minimum atomic E-state index is -0.265. The van der Waals surface area contributed by atoms with Gasteiger partial charge in [-0.05, 0) is 42.9 Å². The van der Waals surface area contributed by atoms with E-state index in [1.54, 1.807) is 29.1 Å². The lowest BCUT2D eigenvalue weighted by Gasteiger charge is -2.37. The van der Waals surface area contributed by atoms with E-state index in [4.69, 9.17) is 0 Å². The summed E-state index contributed by atoms with van der Waals surface area (Å²) in [7, 11) is 1.85. The SMILES string of the molecule is Cn1cc([C@@H](NC(=O)CCc2cccc(O)c2)C2CC(O)C2)cn1. The molecule has 0 bridgehead atoms. The van der Waals surface area contributed by atoms with Crippen LogP contribution in [-0.4, -0.2) is 32.0 Å². The molecule has 1 fully saturated rings. The lowest BCUT2D eigenvalue weighted by molar-refractivity contribution is -0.123. The molecule has 6 heteroatoms. The number of nitrogens with zero attached hydrogens (tertiary/aromatic N) is 2. The van der Waals surface area contributed by atoms with E-state index in [1.165, 1.54) is 0 Å².